The first-order chi connectivity index (χ1) is 12.6. The molecule has 2 aromatic rings. The number of halogens is 1. The number of rotatable bonds is 7. The van der Waals surface area contributed by atoms with Crippen molar-refractivity contribution in [2.24, 2.45) is 5.73 Å². The Kier molecular flexibility index (Phi) is 6.02. The molecule has 0 radical (unpaired) electrons. The van der Waals surface area contributed by atoms with Crippen molar-refractivity contribution >= 4 is 11.9 Å². The third-order valence-corrected chi connectivity index (χ3v) is 4.03. The summed E-state index contributed by atoms with van der Waals surface area (Å²) in [5.74, 6) is -3.25. The van der Waals surface area contributed by atoms with Crippen LogP contribution >= 0.6 is 0 Å². The van der Waals surface area contributed by atoms with Gasteiger partial charge in [0, 0.05) is 12.8 Å². The van der Waals surface area contributed by atoms with Crippen LogP contribution < -0.4 is 5.73 Å². The number of carbonyl (C=O) groups is 2. The van der Waals surface area contributed by atoms with E-state index in [0.717, 1.165) is 12.1 Å². The zero-order valence-corrected chi connectivity index (χ0v) is 14.6. The number of hydrogen-bond acceptors (Lipinski definition) is 6. The van der Waals surface area contributed by atoms with Crippen molar-refractivity contribution in [3.8, 4) is 11.5 Å². The topological polar surface area (TPSA) is 130 Å². The van der Waals surface area contributed by atoms with Crippen LogP contribution in [0.1, 0.15) is 29.3 Å². The summed E-state index contributed by atoms with van der Waals surface area (Å²) >= 11 is 0. The Morgan fingerprint density at radius 2 is 1.78 bits per heavy atom. The van der Waals surface area contributed by atoms with Gasteiger partial charge in [0.25, 0.3) is 0 Å². The van der Waals surface area contributed by atoms with E-state index >= 15 is 0 Å². The maximum Gasteiger partial charge on any atom is 0.338 e. The van der Waals surface area contributed by atoms with Gasteiger partial charge in [0.05, 0.1) is 5.56 Å². The number of phenolic OH excluding ortho intramolecular Hbond substituents is 2. The summed E-state index contributed by atoms with van der Waals surface area (Å²) in [5.41, 5.74) is 4.76. The average Bonchev–Trinajstić information content (AvgIpc) is 2.58. The molecule has 5 N–H and O–H groups in total. The highest BCUT2D eigenvalue weighted by Crippen LogP contribution is 2.28. The molecule has 0 aliphatic rings. The largest absolute Gasteiger partial charge is 0.504 e. The number of benzene rings is 2. The van der Waals surface area contributed by atoms with Crippen LogP contribution in [0.15, 0.2) is 42.5 Å². The van der Waals surface area contributed by atoms with Crippen LogP contribution in [0.5, 0.6) is 11.5 Å². The number of aromatic hydroxyl groups is 2. The normalized spacial score (nSPS) is 14.2. The van der Waals surface area contributed by atoms with E-state index in [1.165, 1.54) is 37.3 Å². The number of carboxylic acid groups (broad SMARTS) is 1. The van der Waals surface area contributed by atoms with E-state index in [4.69, 9.17) is 10.5 Å². The number of carbonyl (C=O) groups excluding carboxylic acids is 1. The SMILES string of the molecule is C[C@@H](CC(N)(Cc1ccc(O)c(O)c1)C(=O)O)OC(=O)c1ccc(F)cc1. The average molecular weight is 377 g/mol. The monoisotopic (exact) mass is 377 g/mol. The Bertz CT molecular complexity index is 839. The van der Waals surface area contributed by atoms with E-state index in [0.29, 0.717) is 5.56 Å². The van der Waals surface area contributed by atoms with Crippen molar-refractivity contribution in [2.75, 3.05) is 0 Å². The Hall–Kier alpha value is -3.13. The highest BCUT2D eigenvalue weighted by molar-refractivity contribution is 5.89. The second-order valence-corrected chi connectivity index (χ2v) is 6.39. The quantitative estimate of drug-likeness (QED) is 0.430. The zero-order valence-electron chi connectivity index (χ0n) is 14.6. The van der Waals surface area contributed by atoms with Gasteiger partial charge >= 0.3 is 11.9 Å². The molecule has 0 fully saturated rings. The van der Waals surface area contributed by atoms with Crippen molar-refractivity contribution in [3.63, 3.8) is 0 Å². The molecule has 2 rings (SSSR count). The molecule has 0 saturated carbocycles. The molecule has 1 unspecified atom stereocenters. The summed E-state index contributed by atoms with van der Waals surface area (Å²) in [6, 6.07) is 8.63. The molecule has 0 aliphatic heterocycles. The molecule has 8 heteroatoms. The third kappa shape index (κ3) is 5.18. The fourth-order valence-electron chi connectivity index (χ4n) is 2.67. The molecule has 144 valence electrons. The number of phenols is 2. The van der Waals surface area contributed by atoms with E-state index < -0.39 is 35.1 Å². The summed E-state index contributed by atoms with van der Waals surface area (Å²) in [6.45, 7) is 1.50. The Balaban J connectivity index is 2.09. The van der Waals surface area contributed by atoms with Gasteiger partial charge in [-0.25, -0.2) is 9.18 Å². The number of carboxylic acids is 1. The van der Waals surface area contributed by atoms with Crippen LogP contribution in [0, 0.1) is 5.82 Å². The standard InChI is InChI=1S/C19H20FNO6/c1-11(27-17(24)13-3-5-14(20)6-4-13)9-19(21,18(25)26)10-12-2-7-15(22)16(23)8-12/h2-8,11,22-23H,9-10,21H2,1H3,(H,25,26)/t11-,19?/m0/s1. The van der Waals surface area contributed by atoms with Gasteiger partial charge in [-0.2, -0.15) is 0 Å². The molecule has 0 saturated heterocycles. The summed E-state index contributed by atoms with van der Waals surface area (Å²) < 4.78 is 18.1. The van der Waals surface area contributed by atoms with Crippen molar-refractivity contribution in [1.82, 2.24) is 0 Å². The minimum atomic E-state index is -1.77. The van der Waals surface area contributed by atoms with Crippen molar-refractivity contribution in [3.05, 3.63) is 59.4 Å². The van der Waals surface area contributed by atoms with Crippen molar-refractivity contribution < 1.29 is 34.0 Å². The molecule has 0 heterocycles. The molecule has 2 atom stereocenters. The number of nitrogens with two attached hydrogens (primary N) is 1. The third-order valence-electron chi connectivity index (χ3n) is 4.03. The summed E-state index contributed by atoms with van der Waals surface area (Å²) in [4.78, 5) is 23.8. The molecule has 0 aromatic heterocycles. The molecule has 0 spiro atoms. The summed E-state index contributed by atoms with van der Waals surface area (Å²) in [6.07, 6.45) is -1.19. The Morgan fingerprint density at radius 3 is 2.33 bits per heavy atom. The molecular weight excluding hydrogens is 357 g/mol. The van der Waals surface area contributed by atoms with Gasteiger partial charge in [0.1, 0.15) is 17.5 Å². The van der Waals surface area contributed by atoms with E-state index in [1.807, 2.05) is 0 Å². The summed E-state index contributed by atoms with van der Waals surface area (Å²) in [7, 11) is 0. The fourth-order valence-corrected chi connectivity index (χ4v) is 2.67. The van der Waals surface area contributed by atoms with E-state index in [9.17, 15) is 29.3 Å². The van der Waals surface area contributed by atoms with E-state index in [1.54, 1.807) is 0 Å². The number of hydrogen-bond donors (Lipinski definition) is 4. The smallest absolute Gasteiger partial charge is 0.338 e. The first-order valence-electron chi connectivity index (χ1n) is 8.10. The lowest BCUT2D eigenvalue weighted by Crippen LogP contribution is -2.52. The molecule has 27 heavy (non-hydrogen) atoms. The van der Waals surface area contributed by atoms with Crippen LogP contribution in [-0.2, 0) is 16.0 Å². The summed E-state index contributed by atoms with van der Waals surface area (Å²) in [5, 5.41) is 28.4. The second kappa shape index (κ2) is 8.05. The zero-order chi connectivity index (χ0) is 20.2. The van der Waals surface area contributed by atoms with Crippen LogP contribution in [0.3, 0.4) is 0 Å². The lowest BCUT2D eigenvalue weighted by Gasteiger charge is -2.28. The minimum absolute atomic E-state index is 0.129. The van der Waals surface area contributed by atoms with Gasteiger partial charge in [-0.15, -0.1) is 0 Å². The van der Waals surface area contributed by atoms with Gasteiger partial charge in [0.15, 0.2) is 11.5 Å². The van der Waals surface area contributed by atoms with Crippen molar-refractivity contribution in [2.45, 2.75) is 31.4 Å². The predicted molar refractivity (Wildman–Crippen MR) is 93.9 cm³/mol. The highest BCUT2D eigenvalue weighted by Gasteiger charge is 2.37. The maximum absolute atomic E-state index is 12.9. The highest BCUT2D eigenvalue weighted by atomic mass is 19.1. The van der Waals surface area contributed by atoms with Crippen molar-refractivity contribution in [1.29, 1.82) is 0 Å². The predicted octanol–water partition coefficient (Wildman–Crippen LogP) is 2.20. The second-order valence-electron chi connectivity index (χ2n) is 6.39. The first kappa shape index (κ1) is 20.2. The van der Waals surface area contributed by atoms with E-state index in [-0.39, 0.29) is 24.2 Å². The maximum atomic E-state index is 12.9. The van der Waals surface area contributed by atoms with Gasteiger partial charge in [-0.05, 0) is 48.9 Å². The molecule has 7 nitrogen and oxygen atoms in total. The van der Waals surface area contributed by atoms with Gasteiger partial charge in [-0.3, -0.25) is 4.79 Å². The van der Waals surface area contributed by atoms with Gasteiger partial charge in [0.2, 0.25) is 0 Å². The van der Waals surface area contributed by atoms with Crippen LogP contribution in [0.4, 0.5) is 4.39 Å². The van der Waals surface area contributed by atoms with Crippen LogP contribution in [-0.4, -0.2) is 38.9 Å². The molecular formula is C19H20FNO6. The fraction of sp³-hybridized carbons (Fsp3) is 0.263. The van der Waals surface area contributed by atoms with Crippen LogP contribution in [0.25, 0.3) is 0 Å². The minimum Gasteiger partial charge on any atom is -0.504 e. The van der Waals surface area contributed by atoms with Gasteiger partial charge < -0.3 is 25.8 Å². The molecule has 0 bridgehead atoms. The van der Waals surface area contributed by atoms with E-state index in [2.05, 4.69) is 0 Å². The van der Waals surface area contributed by atoms with Gasteiger partial charge in [-0.1, -0.05) is 6.07 Å². The Morgan fingerprint density at radius 1 is 1.15 bits per heavy atom. The number of aliphatic carboxylic acids is 1. The molecule has 0 amide bonds. The lowest BCUT2D eigenvalue weighted by atomic mass is 9.86. The van der Waals surface area contributed by atoms with Crippen LogP contribution in [0.2, 0.25) is 0 Å². The Labute approximate surface area is 154 Å². The number of ether oxygens (including phenoxy) is 1. The molecule has 2 aromatic carbocycles. The lowest BCUT2D eigenvalue weighted by molar-refractivity contribution is -0.144. The number of esters is 1. The molecule has 0 aliphatic carbocycles. The first-order valence-corrected chi connectivity index (χ1v) is 8.10.